The molecule has 5 atom stereocenters. The van der Waals surface area contributed by atoms with E-state index in [9.17, 15) is 9.59 Å². The molecule has 2 amide bonds. The molecular weight excluding hydrogens is 362 g/mol. The highest BCUT2D eigenvalue weighted by atomic mass is 16.2. The van der Waals surface area contributed by atoms with Crippen molar-refractivity contribution in [3.05, 3.63) is 35.9 Å². The molecule has 4 bridgehead atoms. The van der Waals surface area contributed by atoms with Crippen molar-refractivity contribution in [1.82, 2.24) is 15.5 Å². The Morgan fingerprint density at radius 3 is 2.59 bits per heavy atom. The number of carbonyl (C=O) groups is 2. The number of fused-ring (bicyclic) bond motifs is 1. The first-order valence-corrected chi connectivity index (χ1v) is 11.2. The molecule has 1 aromatic carbocycles. The Hall–Kier alpha value is -1.88. The van der Waals surface area contributed by atoms with Crippen LogP contribution in [0.1, 0.15) is 46.1 Å². The molecule has 0 spiro atoms. The minimum Gasteiger partial charge on any atom is -0.350 e. The van der Waals surface area contributed by atoms with Gasteiger partial charge in [-0.2, -0.15) is 0 Å². The van der Waals surface area contributed by atoms with Gasteiger partial charge in [-0.3, -0.25) is 14.5 Å². The standard InChI is InChI=1S/C24H35N3O2/c1-15(2)10-19-21-20-18(14-27(21)13-16(3)4)11-24(19,26-22(20)28)23(29)25-12-17-8-6-5-7-9-17/h5-9,15-16,18-21H,10-14H2,1-4H3,(H,25,29)(H,26,28)/t18-,19+,20-,21-,24+/m1/s1. The molecule has 4 fully saturated rings. The largest absolute Gasteiger partial charge is 0.350 e. The van der Waals surface area contributed by atoms with Crippen LogP contribution in [0.2, 0.25) is 0 Å². The minimum atomic E-state index is -0.772. The number of hydrogen-bond donors (Lipinski definition) is 2. The molecule has 3 heterocycles. The second-order valence-corrected chi connectivity index (χ2v) is 10.2. The number of piperidine rings is 2. The molecule has 5 nitrogen and oxygen atoms in total. The highest BCUT2D eigenvalue weighted by Gasteiger charge is 2.67. The Morgan fingerprint density at radius 2 is 1.93 bits per heavy atom. The lowest BCUT2D eigenvalue weighted by Gasteiger charge is -2.55. The van der Waals surface area contributed by atoms with Gasteiger partial charge in [-0.25, -0.2) is 0 Å². The van der Waals surface area contributed by atoms with E-state index in [1.807, 2.05) is 30.3 Å². The first-order valence-electron chi connectivity index (χ1n) is 11.2. The highest BCUT2D eigenvalue weighted by molar-refractivity contribution is 5.96. The Morgan fingerprint density at radius 1 is 1.21 bits per heavy atom. The molecule has 4 aliphatic rings. The van der Waals surface area contributed by atoms with E-state index in [1.54, 1.807) is 0 Å². The first kappa shape index (κ1) is 20.4. The van der Waals surface area contributed by atoms with E-state index in [0.29, 0.717) is 24.3 Å². The van der Waals surface area contributed by atoms with Gasteiger partial charge >= 0.3 is 0 Å². The number of benzene rings is 1. The lowest BCUT2D eigenvalue weighted by Crippen LogP contribution is -2.76. The van der Waals surface area contributed by atoms with Crippen molar-refractivity contribution in [2.45, 2.75) is 58.7 Å². The predicted molar refractivity (Wildman–Crippen MR) is 114 cm³/mol. The zero-order chi connectivity index (χ0) is 20.8. The van der Waals surface area contributed by atoms with E-state index < -0.39 is 5.54 Å². The van der Waals surface area contributed by atoms with Crippen molar-refractivity contribution in [2.24, 2.45) is 29.6 Å². The van der Waals surface area contributed by atoms with Crippen LogP contribution in [0, 0.1) is 29.6 Å². The first-order chi connectivity index (χ1) is 13.8. The summed E-state index contributed by atoms with van der Waals surface area (Å²) in [5, 5.41) is 6.38. The molecule has 1 aromatic rings. The number of carbonyl (C=O) groups excluding carboxylic acids is 2. The van der Waals surface area contributed by atoms with Crippen LogP contribution in [0.5, 0.6) is 0 Å². The quantitative estimate of drug-likeness (QED) is 0.744. The van der Waals surface area contributed by atoms with Crippen LogP contribution < -0.4 is 10.6 Å². The summed E-state index contributed by atoms with van der Waals surface area (Å²) < 4.78 is 0. The summed E-state index contributed by atoms with van der Waals surface area (Å²) in [6, 6.07) is 10.2. The Bertz CT molecular complexity index is 763. The fourth-order valence-electron chi connectivity index (χ4n) is 6.18. The van der Waals surface area contributed by atoms with Crippen molar-refractivity contribution in [3.63, 3.8) is 0 Å². The molecule has 0 unspecified atom stereocenters. The molecule has 1 aliphatic carbocycles. The monoisotopic (exact) mass is 397 g/mol. The predicted octanol–water partition coefficient (Wildman–Crippen LogP) is 2.81. The van der Waals surface area contributed by atoms with Crippen LogP contribution in [0.15, 0.2) is 30.3 Å². The van der Waals surface area contributed by atoms with Gasteiger partial charge < -0.3 is 10.6 Å². The lowest BCUT2D eigenvalue weighted by molar-refractivity contribution is -0.155. The van der Waals surface area contributed by atoms with Crippen LogP contribution >= 0.6 is 0 Å². The summed E-state index contributed by atoms with van der Waals surface area (Å²) in [5.74, 6) is 1.62. The van der Waals surface area contributed by atoms with Gasteiger partial charge in [0, 0.05) is 31.6 Å². The molecule has 2 N–H and O–H groups in total. The van der Waals surface area contributed by atoms with E-state index in [4.69, 9.17) is 0 Å². The van der Waals surface area contributed by atoms with Gasteiger partial charge in [0.25, 0.3) is 0 Å². The smallest absolute Gasteiger partial charge is 0.246 e. The molecule has 5 heteroatoms. The highest BCUT2D eigenvalue weighted by Crippen LogP contribution is 2.54. The van der Waals surface area contributed by atoms with Crippen molar-refractivity contribution >= 4 is 11.8 Å². The van der Waals surface area contributed by atoms with Crippen LogP contribution in [0.25, 0.3) is 0 Å². The van der Waals surface area contributed by atoms with E-state index >= 15 is 0 Å². The van der Waals surface area contributed by atoms with Gasteiger partial charge in [-0.1, -0.05) is 58.0 Å². The zero-order valence-electron chi connectivity index (χ0n) is 18.2. The summed E-state index contributed by atoms with van der Waals surface area (Å²) >= 11 is 0. The number of likely N-dealkylation sites (tertiary alicyclic amines) is 1. The molecule has 0 aromatic heterocycles. The van der Waals surface area contributed by atoms with Crippen LogP contribution in [0.4, 0.5) is 0 Å². The van der Waals surface area contributed by atoms with Gasteiger partial charge in [0.2, 0.25) is 11.8 Å². The molecule has 3 saturated heterocycles. The average molecular weight is 398 g/mol. The summed E-state index contributed by atoms with van der Waals surface area (Å²) in [4.78, 5) is 29.2. The molecular formula is C24H35N3O2. The number of rotatable bonds is 7. The van der Waals surface area contributed by atoms with Crippen LogP contribution in [0.3, 0.4) is 0 Å². The second kappa shape index (κ2) is 7.75. The molecule has 158 valence electrons. The Labute approximate surface area is 174 Å². The number of nitrogens with one attached hydrogen (secondary N) is 2. The lowest BCUT2D eigenvalue weighted by atomic mass is 9.57. The van der Waals surface area contributed by atoms with Gasteiger partial charge in [-0.15, -0.1) is 0 Å². The summed E-state index contributed by atoms with van der Waals surface area (Å²) in [6.07, 6.45) is 1.73. The van der Waals surface area contributed by atoms with Crippen molar-refractivity contribution in [2.75, 3.05) is 13.1 Å². The average Bonchev–Trinajstić information content (AvgIpc) is 2.96. The van der Waals surface area contributed by atoms with Crippen LogP contribution in [-0.4, -0.2) is 41.4 Å². The molecule has 3 aliphatic heterocycles. The third-order valence-electron chi connectivity index (χ3n) is 7.07. The van der Waals surface area contributed by atoms with Gasteiger partial charge in [0.15, 0.2) is 0 Å². The van der Waals surface area contributed by atoms with E-state index in [1.165, 1.54) is 0 Å². The number of amides is 2. The van der Waals surface area contributed by atoms with Gasteiger partial charge in [-0.05, 0) is 36.2 Å². The summed E-state index contributed by atoms with van der Waals surface area (Å²) in [5.41, 5.74) is 0.309. The topological polar surface area (TPSA) is 61.4 Å². The summed E-state index contributed by atoms with van der Waals surface area (Å²) in [7, 11) is 0. The minimum absolute atomic E-state index is 0.0000926. The molecule has 1 saturated carbocycles. The number of hydrogen-bond acceptors (Lipinski definition) is 3. The van der Waals surface area contributed by atoms with Gasteiger partial charge in [0.1, 0.15) is 5.54 Å². The number of nitrogens with zero attached hydrogens (tertiary/aromatic N) is 1. The fourth-order valence-corrected chi connectivity index (χ4v) is 6.18. The summed E-state index contributed by atoms with van der Waals surface area (Å²) in [6.45, 7) is 11.4. The van der Waals surface area contributed by atoms with E-state index in [0.717, 1.165) is 31.5 Å². The maximum atomic E-state index is 13.6. The van der Waals surface area contributed by atoms with Crippen molar-refractivity contribution in [3.8, 4) is 0 Å². The SMILES string of the molecule is CC(C)C[C@H]1[C@@H]2[C@@H]3C(=O)N[C@@]1(C(=O)NCc1ccccc1)C[C@@H]3CN2CC(C)C. The zero-order valence-corrected chi connectivity index (χ0v) is 18.2. The van der Waals surface area contributed by atoms with E-state index in [2.05, 4.69) is 43.2 Å². The van der Waals surface area contributed by atoms with Gasteiger partial charge in [0.05, 0.1) is 5.92 Å². The maximum absolute atomic E-state index is 13.6. The second-order valence-electron chi connectivity index (χ2n) is 10.2. The maximum Gasteiger partial charge on any atom is 0.246 e. The van der Waals surface area contributed by atoms with Crippen molar-refractivity contribution < 1.29 is 9.59 Å². The molecule has 5 rings (SSSR count). The van der Waals surface area contributed by atoms with Crippen molar-refractivity contribution in [1.29, 1.82) is 0 Å². The van der Waals surface area contributed by atoms with E-state index in [-0.39, 0.29) is 29.7 Å². The Kier molecular flexibility index (Phi) is 5.45. The Balaban J connectivity index is 1.63. The third-order valence-corrected chi connectivity index (χ3v) is 7.07. The fraction of sp³-hybridized carbons (Fsp3) is 0.667. The normalized spacial score (nSPS) is 33.4. The molecule has 29 heavy (non-hydrogen) atoms. The third kappa shape index (κ3) is 3.58. The van der Waals surface area contributed by atoms with Crippen LogP contribution in [-0.2, 0) is 16.1 Å². The molecule has 0 radical (unpaired) electrons.